The Kier molecular flexibility index (Phi) is 6.30. The fraction of sp³-hybridized carbons (Fsp3) is 0.640. The third-order valence-corrected chi connectivity index (χ3v) is 7.16. The topological polar surface area (TPSA) is 32.9 Å². The van der Waals surface area contributed by atoms with E-state index in [9.17, 15) is 4.79 Å². The normalized spacial score (nSPS) is 25.2. The highest BCUT2D eigenvalue weighted by molar-refractivity contribution is 5.82. The number of terminal acetylenes is 1. The Balaban J connectivity index is 1.58. The zero-order chi connectivity index (χ0) is 19.4. The molecule has 1 aromatic rings. The van der Waals surface area contributed by atoms with Crippen LogP contribution in [0.4, 0.5) is 0 Å². The van der Waals surface area contributed by atoms with Crippen molar-refractivity contribution < 1.29 is 4.79 Å². The summed E-state index contributed by atoms with van der Waals surface area (Å²) in [5.41, 5.74) is 1.66. The molecule has 0 amide bonds. The molecule has 1 heterocycles. The fourth-order valence-corrected chi connectivity index (χ4v) is 5.03. The molecule has 2 aliphatic carbocycles. The van der Waals surface area contributed by atoms with Gasteiger partial charge in [-0.2, -0.15) is 0 Å². The lowest BCUT2D eigenvalue weighted by molar-refractivity contribution is -0.126. The summed E-state index contributed by atoms with van der Waals surface area (Å²) < 4.78 is 0. The second-order valence-corrected chi connectivity index (χ2v) is 9.06. The van der Waals surface area contributed by atoms with Crippen LogP contribution in [0.1, 0.15) is 78.1 Å². The number of hydrogen-bond acceptors (Lipinski definition) is 1. The van der Waals surface area contributed by atoms with Crippen molar-refractivity contribution in [1.82, 2.24) is 4.98 Å². The van der Waals surface area contributed by atoms with Crippen molar-refractivity contribution in [3.8, 4) is 12.3 Å². The van der Waals surface area contributed by atoms with Crippen LogP contribution in [-0.2, 0) is 4.79 Å². The van der Waals surface area contributed by atoms with Gasteiger partial charge in [0, 0.05) is 29.8 Å². The lowest BCUT2D eigenvalue weighted by atomic mass is 9.71. The van der Waals surface area contributed by atoms with Crippen LogP contribution < -0.4 is 10.6 Å². The maximum absolute atomic E-state index is 13.1. The molecular formula is C25H35NO. The molecule has 1 atom stereocenters. The van der Waals surface area contributed by atoms with Crippen LogP contribution in [0.15, 0.2) is 12.3 Å². The molecule has 2 heteroatoms. The van der Waals surface area contributed by atoms with Crippen LogP contribution in [0.5, 0.6) is 0 Å². The Morgan fingerprint density at radius 3 is 2.70 bits per heavy atom. The first-order valence-corrected chi connectivity index (χ1v) is 10.8. The highest BCUT2D eigenvalue weighted by atomic mass is 16.1. The summed E-state index contributed by atoms with van der Waals surface area (Å²) in [4.78, 5) is 16.3. The summed E-state index contributed by atoms with van der Waals surface area (Å²) in [6, 6.07) is 2.12. The van der Waals surface area contributed by atoms with Crippen molar-refractivity contribution in [3.63, 3.8) is 0 Å². The minimum atomic E-state index is 0.268. The molecule has 1 aromatic heterocycles. The molecule has 2 nitrogen and oxygen atoms in total. The van der Waals surface area contributed by atoms with E-state index in [0.29, 0.717) is 17.6 Å². The highest BCUT2D eigenvalue weighted by Gasteiger charge is 2.50. The predicted molar refractivity (Wildman–Crippen MR) is 113 cm³/mol. The van der Waals surface area contributed by atoms with Gasteiger partial charge >= 0.3 is 0 Å². The Hall–Kier alpha value is -1.75. The monoisotopic (exact) mass is 365 g/mol. The number of Topliss-reactive ketones (excluding diaryl/α,β-unsaturated/α-hetero) is 1. The van der Waals surface area contributed by atoms with E-state index < -0.39 is 0 Å². The van der Waals surface area contributed by atoms with Gasteiger partial charge in [0.1, 0.15) is 5.78 Å². The van der Waals surface area contributed by atoms with Gasteiger partial charge in [0.15, 0.2) is 0 Å². The van der Waals surface area contributed by atoms with E-state index in [2.05, 4.69) is 37.4 Å². The van der Waals surface area contributed by atoms with Crippen molar-refractivity contribution in [1.29, 1.82) is 0 Å². The molecular weight excluding hydrogens is 330 g/mol. The van der Waals surface area contributed by atoms with Gasteiger partial charge in [0.25, 0.3) is 0 Å². The van der Waals surface area contributed by atoms with Crippen LogP contribution >= 0.6 is 0 Å². The first kappa shape index (κ1) is 20.0. The number of ketones is 1. The van der Waals surface area contributed by atoms with Gasteiger partial charge in [-0.25, -0.2) is 0 Å². The number of rotatable bonds is 10. The minimum absolute atomic E-state index is 0.268. The quantitative estimate of drug-likeness (QED) is 0.605. The molecule has 2 aliphatic rings. The van der Waals surface area contributed by atoms with Crippen molar-refractivity contribution >= 4 is 17.9 Å². The largest absolute Gasteiger partial charge is 0.362 e. The van der Waals surface area contributed by atoms with Gasteiger partial charge in [-0.1, -0.05) is 25.5 Å². The maximum atomic E-state index is 13.1. The molecule has 1 unspecified atom stereocenters. The van der Waals surface area contributed by atoms with Crippen LogP contribution in [0.25, 0.3) is 12.2 Å². The minimum Gasteiger partial charge on any atom is -0.362 e. The van der Waals surface area contributed by atoms with E-state index in [-0.39, 0.29) is 11.3 Å². The summed E-state index contributed by atoms with van der Waals surface area (Å²) in [5, 5.41) is 2.25. The van der Waals surface area contributed by atoms with E-state index in [1.54, 1.807) is 0 Å². The molecule has 2 saturated carbocycles. The number of H-pyrrole nitrogens is 1. The number of carbonyl (C=O) groups excluding carboxylic acids is 1. The number of hydrogen-bond donors (Lipinski definition) is 1. The summed E-state index contributed by atoms with van der Waals surface area (Å²) in [7, 11) is 0. The van der Waals surface area contributed by atoms with Crippen molar-refractivity contribution in [2.45, 2.75) is 78.1 Å². The fourth-order valence-electron chi connectivity index (χ4n) is 5.03. The number of aromatic nitrogens is 1. The molecule has 0 radical (unpaired) electrons. The van der Waals surface area contributed by atoms with Crippen LogP contribution in [-0.4, -0.2) is 10.8 Å². The Morgan fingerprint density at radius 1 is 1.41 bits per heavy atom. The number of carbonyl (C=O) groups is 1. The standard InChI is InChI=1S/C25H35NO/c1-5-7-23(24(27)9-8-21-16-20(6-2)17-21)25(13-14-25)12-10-18(3)22-11-15-26-19(22)4/h2,11,15,20-21,23,26H,4-5,7-10,12-14,16-17H2,1,3H3/b22-18+. The average Bonchev–Trinajstić information content (AvgIpc) is 3.28. The van der Waals surface area contributed by atoms with Crippen molar-refractivity contribution in [3.05, 3.63) is 22.8 Å². The lowest BCUT2D eigenvalue weighted by Crippen LogP contribution is -2.28. The van der Waals surface area contributed by atoms with Gasteiger partial charge in [-0.15, -0.1) is 12.3 Å². The molecule has 1 N–H and O–H groups in total. The SMILES string of the molecule is C#CC1CC(CCC(=O)C(CCC)C2(CC/C(C)=c3\cc[nH]c3=C)CC2)C1. The molecule has 0 saturated heterocycles. The summed E-state index contributed by atoms with van der Waals surface area (Å²) >= 11 is 0. The van der Waals surface area contributed by atoms with Gasteiger partial charge in [0.2, 0.25) is 0 Å². The molecule has 0 aliphatic heterocycles. The van der Waals surface area contributed by atoms with E-state index in [0.717, 1.165) is 56.7 Å². The second kappa shape index (κ2) is 8.51. The summed E-state index contributed by atoms with van der Waals surface area (Å²) in [6.07, 6.45) is 18.3. The molecule has 2 fully saturated rings. The van der Waals surface area contributed by atoms with Crippen LogP contribution in [0.3, 0.4) is 0 Å². The summed E-state index contributed by atoms with van der Waals surface area (Å²) in [5.74, 6) is 4.79. The molecule has 3 rings (SSSR count). The third kappa shape index (κ3) is 4.57. The van der Waals surface area contributed by atoms with Crippen LogP contribution in [0.2, 0.25) is 0 Å². The molecule has 0 spiro atoms. The Bertz CT molecular complexity index is 798. The Labute approximate surface area is 164 Å². The average molecular weight is 366 g/mol. The van der Waals surface area contributed by atoms with Crippen molar-refractivity contribution in [2.75, 3.05) is 0 Å². The zero-order valence-electron chi connectivity index (χ0n) is 17.2. The highest BCUT2D eigenvalue weighted by Crippen LogP contribution is 2.58. The van der Waals surface area contributed by atoms with E-state index >= 15 is 0 Å². The van der Waals surface area contributed by atoms with Gasteiger partial charge in [-0.3, -0.25) is 4.79 Å². The van der Waals surface area contributed by atoms with Gasteiger partial charge < -0.3 is 4.98 Å². The number of nitrogens with one attached hydrogen (secondary N) is 1. The van der Waals surface area contributed by atoms with E-state index in [1.165, 1.54) is 23.6 Å². The molecule has 146 valence electrons. The van der Waals surface area contributed by atoms with Gasteiger partial charge in [-0.05, 0) is 80.9 Å². The van der Waals surface area contributed by atoms with E-state index in [1.807, 2.05) is 6.20 Å². The smallest absolute Gasteiger partial charge is 0.136 e. The first-order chi connectivity index (χ1) is 13.0. The molecule has 0 bridgehead atoms. The summed E-state index contributed by atoms with van der Waals surface area (Å²) in [6.45, 7) is 8.50. The third-order valence-electron chi connectivity index (χ3n) is 7.16. The maximum Gasteiger partial charge on any atom is 0.136 e. The second-order valence-electron chi connectivity index (χ2n) is 9.06. The number of aromatic amines is 1. The van der Waals surface area contributed by atoms with Gasteiger partial charge in [0.05, 0.1) is 0 Å². The lowest BCUT2D eigenvalue weighted by Gasteiger charge is -2.32. The first-order valence-electron chi connectivity index (χ1n) is 10.8. The van der Waals surface area contributed by atoms with Crippen molar-refractivity contribution in [2.24, 2.45) is 23.2 Å². The molecule has 0 aromatic carbocycles. The van der Waals surface area contributed by atoms with Crippen LogP contribution in [0, 0.1) is 35.5 Å². The predicted octanol–water partition coefficient (Wildman–Crippen LogP) is 4.58. The zero-order valence-corrected chi connectivity index (χ0v) is 17.2. The molecule has 27 heavy (non-hydrogen) atoms. The van der Waals surface area contributed by atoms with E-state index in [4.69, 9.17) is 6.42 Å². The Morgan fingerprint density at radius 2 is 2.15 bits per heavy atom.